The van der Waals surface area contributed by atoms with Crippen molar-refractivity contribution in [1.82, 2.24) is 9.80 Å². The summed E-state index contributed by atoms with van der Waals surface area (Å²) in [6.45, 7) is 8.23. The molecule has 0 unspecified atom stereocenters. The minimum Gasteiger partial charge on any atom is -0.493 e. The molecule has 0 aliphatic carbocycles. The van der Waals surface area contributed by atoms with Crippen LogP contribution in [0, 0.1) is 0 Å². The Kier molecular flexibility index (Phi) is 7.33. The Morgan fingerprint density at radius 3 is 2.04 bits per heavy atom. The molecule has 0 atom stereocenters. The van der Waals surface area contributed by atoms with E-state index < -0.39 is 0 Å². The van der Waals surface area contributed by atoms with Crippen molar-refractivity contribution in [3.8, 4) is 17.2 Å². The van der Waals surface area contributed by atoms with Crippen LogP contribution in [0.3, 0.4) is 0 Å². The highest BCUT2D eigenvalue weighted by Crippen LogP contribution is 2.39. The summed E-state index contributed by atoms with van der Waals surface area (Å²) in [7, 11) is 4.66. The molecule has 0 spiro atoms. The number of piperazine rings is 1. The van der Waals surface area contributed by atoms with Crippen LogP contribution >= 0.6 is 0 Å². The summed E-state index contributed by atoms with van der Waals surface area (Å²) in [6.07, 6.45) is 0.461. The van der Waals surface area contributed by atoms with Crippen LogP contribution in [0.4, 0.5) is 5.69 Å². The fourth-order valence-electron chi connectivity index (χ4n) is 2.97. The van der Waals surface area contributed by atoms with Gasteiger partial charge in [0.2, 0.25) is 11.7 Å². The second-order valence-corrected chi connectivity index (χ2v) is 5.99. The van der Waals surface area contributed by atoms with Gasteiger partial charge in [-0.2, -0.15) is 0 Å². The van der Waals surface area contributed by atoms with E-state index in [9.17, 15) is 4.79 Å². The Labute approximate surface area is 149 Å². The predicted octanol–water partition coefficient (Wildman–Crippen LogP) is 1.68. The standard InChI is InChI=1S/C18H29N3O4/c1-5-20-8-10-21(11-9-20)7-6-17(22)19-14-12-15(23-2)18(25-4)16(13-14)24-3/h12-13H,5-11H2,1-4H3,(H,19,22). The number of hydrogen-bond acceptors (Lipinski definition) is 6. The van der Waals surface area contributed by atoms with E-state index in [0.717, 1.165) is 39.3 Å². The molecular formula is C18H29N3O4. The smallest absolute Gasteiger partial charge is 0.225 e. The normalized spacial score (nSPS) is 15.7. The van der Waals surface area contributed by atoms with E-state index in [0.29, 0.717) is 29.4 Å². The highest BCUT2D eigenvalue weighted by molar-refractivity contribution is 5.91. The van der Waals surface area contributed by atoms with Gasteiger partial charge in [-0.1, -0.05) is 6.92 Å². The van der Waals surface area contributed by atoms with Gasteiger partial charge < -0.3 is 29.3 Å². The van der Waals surface area contributed by atoms with Crippen molar-refractivity contribution in [3.63, 3.8) is 0 Å². The van der Waals surface area contributed by atoms with E-state index in [4.69, 9.17) is 14.2 Å². The van der Waals surface area contributed by atoms with Gasteiger partial charge in [0.15, 0.2) is 11.5 Å². The van der Waals surface area contributed by atoms with E-state index in [1.165, 1.54) is 0 Å². The molecule has 1 aromatic carbocycles. The van der Waals surface area contributed by atoms with Crippen LogP contribution in [-0.2, 0) is 4.79 Å². The van der Waals surface area contributed by atoms with Gasteiger partial charge in [-0.3, -0.25) is 4.79 Å². The van der Waals surface area contributed by atoms with Gasteiger partial charge in [0.05, 0.1) is 21.3 Å². The lowest BCUT2D eigenvalue weighted by atomic mass is 10.2. The second kappa shape index (κ2) is 9.48. The average Bonchev–Trinajstić information content (AvgIpc) is 2.65. The molecule has 1 aromatic rings. The molecule has 0 radical (unpaired) electrons. The van der Waals surface area contributed by atoms with Gasteiger partial charge in [0, 0.05) is 57.0 Å². The van der Waals surface area contributed by atoms with Gasteiger partial charge in [-0.25, -0.2) is 0 Å². The fourth-order valence-corrected chi connectivity index (χ4v) is 2.97. The van der Waals surface area contributed by atoms with Crippen molar-refractivity contribution in [3.05, 3.63) is 12.1 Å². The molecule has 25 heavy (non-hydrogen) atoms. The lowest BCUT2D eigenvalue weighted by Crippen LogP contribution is -2.46. The first-order valence-electron chi connectivity index (χ1n) is 8.65. The maximum atomic E-state index is 12.3. The molecule has 7 nitrogen and oxygen atoms in total. The number of benzene rings is 1. The van der Waals surface area contributed by atoms with Crippen molar-refractivity contribution >= 4 is 11.6 Å². The molecule has 1 saturated heterocycles. The van der Waals surface area contributed by atoms with Crippen molar-refractivity contribution in [2.45, 2.75) is 13.3 Å². The Bertz CT molecular complexity index is 546. The zero-order valence-corrected chi connectivity index (χ0v) is 15.6. The van der Waals surface area contributed by atoms with Crippen molar-refractivity contribution in [2.75, 3.05) is 65.9 Å². The third kappa shape index (κ3) is 5.24. The van der Waals surface area contributed by atoms with Crippen LogP contribution in [0.5, 0.6) is 17.2 Å². The summed E-state index contributed by atoms with van der Waals surface area (Å²) >= 11 is 0. The summed E-state index contributed by atoms with van der Waals surface area (Å²) in [5.74, 6) is 1.53. The molecule has 140 valence electrons. The third-order valence-corrected chi connectivity index (χ3v) is 4.52. The summed E-state index contributed by atoms with van der Waals surface area (Å²) < 4.78 is 15.9. The van der Waals surface area contributed by atoms with E-state index in [1.807, 2.05) is 0 Å². The molecule has 1 amide bonds. The summed E-state index contributed by atoms with van der Waals surface area (Å²) in [5.41, 5.74) is 0.635. The van der Waals surface area contributed by atoms with Crippen LogP contribution in [0.15, 0.2) is 12.1 Å². The second-order valence-electron chi connectivity index (χ2n) is 5.99. The van der Waals surface area contributed by atoms with Crippen molar-refractivity contribution < 1.29 is 19.0 Å². The SMILES string of the molecule is CCN1CCN(CCC(=O)Nc2cc(OC)c(OC)c(OC)c2)CC1. The van der Waals surface area contributed by atoms with Crippen LogP contribution in [0.1, 0.15) is 13.3 Å². The molecular weight excluding hydrogens is 322 g/mol. The van der Waals surface area contributed by atoms with Gasteiger partial charge in [-0.05, 0) is 6.54 Å². The number of methoxy groups -OCH3 is 3. The number of anilines is 1. The number of hydrogen-bond donors (Lipinski definition) is 1. The topological polar surface area (TPSA) is 63.3 Å². The fraction of sp³-hybridized carbons (Fsp3) is 0.611. The summed E-state index contributed by atoms with van der Waals surface area (Å²) in [5, 5.41) is 2.91. The Hall–Kier alpha value is -1.99. The number of nitrogens with zero attached hydrogens (tertiary/aromatic N) is 2. The first-order chi connectivity index (χ1) is 12.1. The molecule has 7 heteroatoms. The zero-order valence-electron chi connectivity index (χ0n) is 15.6. The van der Waals surface area contributed by atoms with Gasteiger partial charge >= 0.3 is 0 Å². The molecule has 1 aliphatic rings. The number of rotatable bonds is 8. The van der Waals surface area contributed by atoms with Crippen LogP contribution in [-0.4, -0.2) is 76.3 Å². The van der Waals surface area contributed by atoms with E-state index in [1.54, 1.807) is 33.5 Å². The maximum absolute atomic E-state index is 12.3. The molecule has 0 saturated carbocycles. The Balaban J connectivity index is 1.90. The number of carbonyl (C=O) groups is 1. The number of likely N-dealkylation sites (N-methyl/N-ethyl adjacent to an activating group) is 1. The summed E-state index contributed by atoms with van der Waals surface area (Å²) in [4.78, 5) is 17.0. The molecule has 1 N–H and O–H groups in total. The number of carbonyl (C=O) groups excluding carboxylic acids is 1. The van der Waals surface area contributed by atoms with E-state index >= 15 is 0 Å². The minimum atomic E-state index is -0.0211. The first-order valence-corrected chi connectivity index (χ1v) is 8.65. The minimum absolute atomic E-state index is 0.0211. The van der Waals surface area contributed by atoms with Crippen molar-refractivity contribution in [2.24, 2.45) is 0 Å². The molecule has 1 fully saturated rings. The van der Waals surface area contributed by atoms with Crippen LogP contribution < -0.4 is 19.5 Å². The third-order valence-electron chi connectivity index (χ3n) is 4.52. The Morgan fingerprint density at radius 1 is 1.00 bits per heavy atom. The largest absolute Gasteiger partial charge is 0.493 e. The zero-order chi connectivity index (χ0) is 18.2. The lowest BCUT2D eigenvalue weighted by molar-refractivity contribution is -0.116. The molecule has 2 rings (SSSR count). The quantitative estimate of drug-likeness (QED) is 0.769. The molecule has 0 aromatic heterocycles. The van der Waals surface area contributed by atoms with E-state index in [-0.39, 0.29) is 5.91 Å². The highest BCUT2D eigenvalue weighted by atomic mass is 16.5. The lowest BCUT2D eigenvalue weighted by Gasteiger charge is -2.33. The monoisotopic (exact) mass is 351 g/mol. The first kappa shape index (κ1) is 19.3. The predicted molar refractivity (Wildman–Crippen MR) is 97.9 cm³/mol. The van der Waals surface area contributed by atoms with Crippen LogP contribution in [0.2, 0.25) is 0 Å². The van der Waals surface area contributed by atoms with Crippen molar-refractivity contribution in [1.29, 1.82) is 0 Å². The number of amides is 1. The van der Waals surface area contributed by atoms with Gasteiger partial charge in [0.1, 0.15) is 0 Å². The average molecular weight is 351 g/mol. The molecule has 0 bridgehead atoms. The Morgan fingerprint density at radius 2 is 1.56 bits per heavy atom. The van der Waals surface area contributed by atoms with Crippen LogP contribution in [0.25, 0.3) is 0 Å². The van der Waals surface area contributed by atoms with Gasteiger partial charge in [-0.15, -0.1) is 0 Å². The maximum Gasteiger partial charge on any atom is 0.225 e. The van der Waals surface area contributed by atoms with E-state index in [2.05, 4.69) is 22.0 Å². The number of ether oxygens (including phenoxy) is 3. The highest BCUT2D eigenvalue weighted by Gasteiger charge is 2.17. The molecule has 1 heterocycles. The molecule has 1 aliphatic heterocycles. The van der Waals surface area contributed by atoms with Gasteiger partial charge in [0.25, 0.3) is 0 Å². The number of nitrogens with one attached hydrogen (secondary N) is 1. The summed E-state index contributed by atoms with van der Waals surface area (Å²) in [6, 6.07) is 3.47.